The number of pyridine rings is 1. The quantitative estimate of drug-likeness (QED) is 0.219. The summed E-state index contributed by atoms with van der Waals surface area (Å²) in [6, 6.07) is 11.5. The standard InChI is InChI=1S/C35H36F3N7O5/c1-19-16-42(18-28(35(19,37)38)45-31(47)23-7-5-6-8-24(23)32(45)48)30-21(15-39)13-25(36)29(41-30)40-22-9-10-26-27(14-22)43(12-11-34(3,4)50)33(49)44(26)17-20(2)46/h5-10,13-14,19-20,28,46,50H,11-12,16-18H2,1-4H3,(H,40,41)/t19-,20+,28+/m0/s1. The average molecular weight is 692 g/mol. The van der Waals surface area contributed by atoms with Crippen molar-refractivity contribution < 1.29 is 33.0 Å². The Bertz CT molecular complexity index is 2080. The molecule has 2 amide bonds. The van der Waals surface area contributed by atoms with Crippen LogP contribution in [0.25, 0.3) is 11.0 Å². The summed E-state index contributed by atoms with van der Waals surface area (Å²) in [6.45, 7) is 5.33. The number of hydrogen-bond donors (Lipinski definition) is 3. The van der Waals surface area contributed by atoms with Crippen LogP contribution in [0.5, 0.6) is 0 Å². The minimum atomic E-state index is -3.49. The third-order valence-corrected chi connectivity index (χ3v) is 9.18. The molecule has 12 nitrogen and oxygen atoms in total. The first kappa shape index (κ1) is 34.7. The summed E-state index contributed by atoms with van der Waals surface area (Å²) in [4.78, 5) is 46.1. The highest BCUT2D eigenvalue weighted by atomic mass is 19.3. The van der Waals surface area contributed by atoms with Gasteiger partial charge in [0.05, 0.1) is 46.0 Å². The number of halogens is 3. The fourth-order valence-electron chi connectivity index (χ4n) is 6.57. The summed E-state index contributed by atoms with van der Waals surface area (Å²) in [5.41, 5.74) is -0.448. The molecule has 262 valence electrons. The summed E-state index contributed by atoms with van der Waals surface area (Å²) in [7, 11) is 0. The van der Waals surface area contributed by atoms with Crippen LogP contribution in [0.2, 0.25) is 0 Å². The maximum absolute atomic E-state index is 15.8. The van der Waals surface area contributed by atoms with E-state index in [9.17, 15) is 29.9 Å². The molecule has 4 aromatic rings. The highest BCUT2D eigenvalue weighted by Gasteiger charge is 2.57. The second-order valence-corrected chi connectivity index (χ2v) is 13.6. The molecule has 6 rings (SSSR count). The van der Waals surface area contributed by atoms with Crippen molar-refractivity contribution in [1.29, 1.82) is 5.26 Å². The molecule has 0 unspecified atom stereocenters. The zero-order valence-corrected chi connectivity index (χ0v) is 27.8. The SMILES string of the molecule is C[C@@H](O)Cn1c(=O)n(CCC(C)(C)O)c2cc(Nc3nc(N4C[C@H](C)C(F)(F)[C@H](N5C(=O)c6ccccc6C5=O)C4)c(C#N)cc3F)ccc21. The van der Waals surface area contributed by atoms with E-state index in [0.29, 0.717) is 21.6 Å². The number of nitriles is 1. The number of aliphatic hydroxyl groups excluding tert-OH is 1. The molecule has 0 radical (unpaired) electrons. The number of aliphatic hydroxyl groups is 2. The second kappa shape index (κ2) is 12.6. The number of imidazole rings is 1. The van der Waals surface area contributed by atoms with Gasteiger partial charge in [-0.25, -0.2) is 22.9 Å². The van der Waals surface area contributed by atoms with Crippen molar-refractivity contribution in [2.24, 2.45) is 5.92 Å². The topological polar surface area (TPSA) is 157 Å². The highest BCUT2D eigenvalue weighted by molar-refractivity contribution is 6.21. The number of nitrogens with one attached hydrogen (secondary N) is 1. The molecular weight excluding hydrogens is 655 g/mol. The molecule has 2 aromatic heterocycles. The predicted molar refractivity (Wildman–Crippen MR) is 178 cm³/mol. The Morgan fingerprint density at radius 2 is 1.72 bits per heavy atom. The smallest absolute Gasteiger partial charge is 0.329 e. The Morgan fingerprint density at radius 1 is 1.06 bits per heavy atom. The van der Waals surface area contributed by atoms with Crippen LogP contribution in [0.15, 0.2) is 53.3 Å². The van der Waals surface area contributed by atoms with Gasteiger partial charge in [0.15, 0.2) is 11.6 Å². The molecule has 3 N–H and O–H groups in total. The van der Waals surface area contributed by atoms with E-state index in [4.69, 9.17) is 0 Å². The summed E-state index contributed by atoms with van der Waals surface area (Å²) < 4.78 is 49.9. The first-order valence-corrected chi connectivity index (χ1v) is 16.1. The average Bonchev–Trinajstić information content (AvgIpc) is 3.45. The Balaban J connectivity index is 1.36. The first-order chi connectivity index (χ1) is 23.5. The summed E-state index contributed by atoms with van der Waals surface area (Å²) in [6.07, 6.45) is -0.592. The molecule has 50 heavy (non-hydrogen) atoms. The van der Waals surface area contributed by atoms with Crippen molar-refractivity contribution in [3.8, 4) is 6.07 Å². The van der Waals surface area contributed by atoms with Crippen molar-refractivity contribution in [3.05, 3.63) is 81.5 Å². The van der Waals surface area contributed by atoms with Crippen molar-refractivity contribution in [1.82, 2.24) is 19.0 Å². The molecule has 0 bridgehead atoms. The van der Waals surface area contributed by atoms with Gasteiger partial charge in [-0.15, -0.1) is 0 Å². The van der Waals surface area contributed by atoms with Gasteiger partial charge in [-0.2, -0.15) is 5.26 Å². The number of rotatable bonds is 9. The largest absolute Gasteiger partial charge is 0.392 e. The third kappa shape index (κ3) is 6.09. The molecule has 0 saturated carbocycles. The van der Waals surface area contributed by atoms with Gasteiger partial charge in [0.2, 0.25) is 0 Å². The van der Waals surface area contributed by atoms with Crippen LogP contribution in [0.1, 0.15) is 60.4 Å². The molecular formula is C35H36F3N7O5. The Kier molecular flexibility index (Phi) is 8.73. The highest BCUT2D eigenvalue weighted by Crippen LogP contribution is 2.41. The summed E-state index contributed by atoms with van der Waals surface area (Å²) in [5, 5.41) is 33.1. The number of imide groups is 1. The van der Waals surface area contributed by atoms with Crippen LogP contribution in [-0.4, -0.2) is 77.8 Å². The lowest BCUT2D eigenvalue weighted by molar-refractivity contribution is -0.111. The molecule has 2 aliphatic heterocycles. The maximum atomic E-state index is 15.8. The number of aryl methyl sites for hydroxylation is 1. The van der Waals surface area contributed by atoms with E-state index in [0.717, 1.165) is 6.07 Å². The number of piperidine rings is 1. The second-order valence-electron chi connectivity index (χ2n) is 13.6. The number of fused-ring (bicyclic) bond motifs is 2. The molecule has 2 aromatic carbocycles. The van der Waals surface area contributed by atoms with Gasteiger partial charge in [-0.1, -0.05) is 19.1 Å². The van der Waals surface area contributed by atoms with E-state index in [1.165, 1.54) is 45.2 Å². The molecule has 1 saturated heterocycles. The maximum Gasteiger partial charge on any atom is 0.329 e. The van der Waals surface area contributed by atoms with E-state index >= 15 is 13.2 Å². The van der Waals surface area contributed by atoms with E-state index in [1.54, 1.807) is 39.0 Å². The van der Waals surface area contributed by atoms with Gasteiger partial charge in [-0.05, 0) is 63.6 Å². The zero-order valence-electron chi connectivity index (χ0n) is 27.8. The Morgan fingerprint density at radius 3 is 2.32 bits per heavy atom. The molecule has 15 heteroatoms. The monoisotopic (exact) mass is 691 g/mol. The van der Waals surface area contributed by atoms with Gasteiger partial charge in [0, 0.05) is 31.2 Å². The van der Waals surface area contributed by atoms with Gasteiger partial charge in [0.25, 0.3) is 17.7 Å². The van der Waals surface area contributed by atoms with Gasteiger partial charge < -0.3 is 20.4 Å². The molecule has 4 heterocycles. The molecule has 0 spiro atoms. The number of anilines is 3. The van der Waals surface area contributed by atoms with Gasteiger partial charge >= 0.3 is 5.69 Å². The molecule has 0 aliphatic carbocycles. The zero-order chi connectivity index (χ0) is 36.3. The van der Waals surface area contributed by atoms with Crippen LogP contribution < -0.4 is 15.9 Å². The van der Waals surface area contributed by atoms with E-state index in [1.807, 2.05) is 6.07 Å². The van der Waals surface area contributed by atoms with Crippen LogP contribution in [0.3, 0.4) is 0 Å². The van der Waals surface area contributed by atoms with Crippen LogP contribution in [0, 0.1) is 23.1 Å². The summed E-state index contributed by atoms with van der Waals surface area (Å²) in [5.74, 6) is -7.95. The van der Waals surface area contributed by atoms with E-state index in [-0.39, 0.29) is 54.4 Å². The lowest BCUT2D eigenvalue weighted by Crippen LogP contribution is -2.64. The fraction of sp³-hybridized carbons (Fsp3) is 0.400. The van der Waals surface area contributed by atoms with Gasteiger partial charge in [-0.3, -0.25) is 23.6 Å². The lowest BCUT2D eigenvalue weighted by atomic mass is 9.89. The number of nitrogens with zero attached hydrogens (tertiary/aromatic N) is 6. The number of alkyl halides is 2. The normalized spacial score (nSPS) is 19.5. The first-order valence-electron chi connectivity index (χ1n) is 16.1. The number of carbonyl (C=O) groups is 2. The number of amides is 2. The number of hydrogen-bond acceptors (Lipinski definition) is 9. The summed E-state index contributed by atoms with van der Waals surface area (Å²) >= 11 is 0. The van der Waals surface area contributed by atoms with Gasteiger partial charge in [0.1, 0.15) is 17.9 Å². The van der Waals surface area contributed by atoms with Crippen molar-refractivity contribution >= 4 is 40.2 Å². The molecule has 2 aliphatic rings. The van der Waals surface area contributed by atoms with E-state index < -0.39 is 59.5 Å². The van der Waals surface area contributed by atoms with E-state index in [2.05, 4.69) is 10.3 Å². The Labute approximate surface area is 285 Å². The predicted octanol–water partition coefficient (Wildman–Crippen LogP) is 4.25. The molecule has 3 atom stereocenters. The number of aromatic nitrogens is 3. The Hall–Kier alpha value is -5.20. The van der Waals surface area contributed by atoms with Crippen LogP contribution in [0.4, 0.5) is 30.5 Å². The van der Waals surface area contributed by atoms with Crippen LogP contribution in [-0.2, 0) is 13.1 Å². The van der Waals surface area contributed by atoms with Crippen molar-refractivity contribution in [2.45, 2.75) is 70.9 Å². The fourth-order valence-corrected chi connectivity index (χ4v) is 6.57. The number of benzene rings is 2. The molecule has 1 fully saturated rings. The lowest BCUT2D eigenvalue weighted by Gasteiger charge is -2.45. The third-order valence-electron chi connectivity index (χ3n) is 9.18. The van der Waals surface area contributed by atoms with Crippen molar-refractivity contribution in [3.63, 3.8) is 0 Å². The minimum absolute atomic E-state index is 0.0157. The minimum Gasteiger partial charge on any atom is -0.392 e. The number of carbonyl (C=O) groups excluding carboxylic acids is 2. The van der Waals surface area contributed by atoms with Crippen LogP contribution >= 0.6 is 0 Å². The van der Waals surface area contributed by atoms with Crippen molar-refractivity contribution in [2.75, 3.05) is 23.3 Å².